The van der Waals surface area contributed by atoms with Crippen LogP contribution >= 0.6 is 0 Å². The second-order valence-corrected chi connectivity index (χ2v) is 14.6. The zero-order chi connectivity index (χ0) is 26.1. The number of aliphatic hydroxyl groups is 1. The van der Waals surface area contributed by atoms with Crippen LogP contribution in [0.3, 0.4) is 0 Å². The molecule has 4 aliphatic carbocycles. The van der Waals surface area contributed by atoms with Gasteiger partial charge in [-0.05, 0) is 98.2 Å². The van der Waals surface area contributed by atoms with Crippen LogP contribution < -0.4 is 0 Å². The number of hydrogen-bond donors (Lipinski definition) is 1. The molecule has 4 saturated carbocycles. The van der Waals surface area contributed by atoms with Crippen LogP contribution in [-0.4, -0.2) is 23.3 Å². The molecule has 10 atom stereocenters. The summed E-state index contributed by atoms with van der Waals surface area (Å²) in [7, 11) is 0. The zero-order valence-corrected chi connectivity index (χ0v) is 24.6. The fourth-order valence-corrected chi connectivity index (χ4v) is 10.2. The number of ether oxygens (including phenoxy) is 1. The third kappa shape index (κ3) is 5.43. The van der Waals surface area contributed by atoms with Gasteiger partial charge in [-0.3, -0.25) is 4.79 Å². The summed E-state index contributed by atoms with van der Waals surface area (Å²) in [4.78, 5) is 12.8. The maximum absolute atomic E-state index is 12.8. The van der Waals surface area contributed by atoms with Gasteiger partial charge in [-0.2, -0.15) is 0 Å². The highest BCUT2D eigenvalue weighted by Crippen LogP contribution is 2.68. The first kappa shape index (κ1) is 28.4. The van der Waals surface area contributed by atoms with Crippen molar-refractivity contribution in [1.29, 1.82) is 0 Å². The van der Waals surface area contributed by atoms with Crippen molar-refractivity contribution in [1.82, 2.24) is 0 Å². The van der Waals surface area contributed by atoms with Crippen molar-refractivity contribution < 1.29 is 14.6 Å². The Morgan fingerprint density at radius 3 is 2.44 bits per heavy atom. The molecule has 3 nitrogen and oxygen atoms in total. The SMILES string of the molecule is CCCCCC(=O)OC1C[C@@H](O)C[C@H]2CC[C@@H]3[C@@H]4CC[C@H]([C@H](C)CCCC(C)C)[C@@]4(C)CC[C@@H]3[C@@]12C. The molecule has 1 unspecified atom stereocenters. The summed E-state index contributed by atoms with van der Waals surface area (Å²) in [5, 5.41) is 10.8. The average Bonchev–Trinajstić information content (AvgIpc) is 3.17. The van der Waals surface area contributed by atoms with Crippen molar-refractivity contribution in [2.24, 2.45) is 52.3 Å². The second-order valence-electron chi connectivity index (χ2n) is 14.6. The first-order valence-corrected chi connectivity index (χ1v) is 16.0. The van der Waals surface area contributed by atoms with Gasteiger partial charge in [-0.25, -0.2) is 0 Å². The molecule has 0 heterocycles. The van der Waals surface area contributed by atoms with Gasteiger partial charge in [0.25, 0.3) is 0 Å². The van der Waals surface area contributed by atoms with E-state index in [9.17, 15) is 9.90 Å². The highest BCUT2D eigenvalue weighted by molar-refractivity contribution is 5.69. The van der Waals surface area contributed by atoms with E-state index in [1.807, 2.05) is 0 Å². The number of unbranched alkanes of at least 4 members (excludes halogenated alkanes) is 2. The van der Waals surface area contributed by atoms with Crippen molar-refractivity contribution in [2.75, 3.05) is 0 Å². The quantitative estimate of drug-likeness (QED) is 0.240. The summed E-state index contributed by atoms with van der Waals surface area (Å²) in [6, 6.07) is 0. The van der Waals surface area contributed by atoms with Crippen molar-refractivity contribution in [3.8, 4) is 0 Å². The van der Waals surface area contributed by atoms with Crippen LogP contribution in [0.1, 0.15) is 138 Å². The molecule has 0 radical (unpaired) electrons. The van der Waals surface area contributed by atoms with Crippen LogP contribution in [0.5, 0.6) is 0 Å². The van der Waals surface area contributed by atoms with Gasteiger partial charge in [-0.15, -0.1) is 0 Å². The van der Waals surface area contributed by atoms with Crippen molar-refractivity contribution >= 4 is 5.97 Å². The smallest absolute Gasteiger partial charge is 0.306 e. The predicted molar refractivity (Wildman–Crippen MR) is 148 cm³/mol. The monoisotopic (exact) mass is 502 g/mol. The van der Waals surface area contributed by atoms with Gasteiger partial charge in [0, 0.05) is 18.3 Å². The number of hydrogen-bond acceptors (Lipinski definition) is 3. The van der Waals surface area contributed by atoms with E-state index in [4.69, 9.17) is 4.74 Å². The Labute approximate surface area is 222 Å². The molecule has 0 aliphatic heterocycles. The van der Waals surface area contributed by atoms with Crippen LogP contribution in [-0.2, 0) is 9.53 Å². The number of fused-ring (bicyclic) bond motifs is 5. The minimum Gasteiger partial charge on any atom is -0.462 e. The Morgan fingerprint density at radius 2 is 1.72 bits per heavy atom. The minimum atomic E-state index is -0.315. The average molecular weight is 503 g/mol. The normalized spacial score (nSPS) is 42.9. The lowest BCUT2D eigenvalue weighted by atomic mass is 9.43. The number of carbonyl (C=O) groups excluding carboxylic acids is 1. The maximum atomic E-state index is 12.8. The van der Waals surface area contributed by atoms with E-state index in [0.717, 1.165) is 55.3 Å². The largest absolute Gasteiger partial charge is 0.462 e. The van der Waals surface area contributed by atoms with E-state index < -0.39 is 0 Å². The Hall–Kier alpha value is -0.570. The summed E-state index contributed by atoms with van der Waals surface area (Å²) in [5.74, 6) is 5.25. The van der Waals surface area contributed by atoms with Gasteiger partial charge < -0.3 is 9.84 Å². The Balaban J connectivity index is 1.49. The molecule has 0 spiro atoms. The van der Waals surface area contributed by atoms with Gasteiger partial charge in [0.1, 0.15) is 6.10 Å². The summed E-state index contributed by atoms with van der Waals surface area (Å²) >= 11 is 0. The fourth-order valence-electron chi connectivity index (χ4n) is 10.2. The van der Waals surface area contributed by atoms with Crippen LogP contribution in [0.4, 0.5) is 0 Å². The van der Waals surface area contributed by atoms with Gasteiger partial charge in [0.15, 0.2) is 0 Å². The Morgan fingerprint density at radius 1 is 0.944 bits per heavy atom. The third-order valence-corrected chi connectivity index (χ3v) is 12.2. The highest BCUT2D eigenvalue weighted by Gasteiger charge is 2.63. The zero-order valence-electron chi connectivity index (χ0n) is 24.6. The molecule has 0 aromatic heterocycles. The van der Waals surface area contributed by atoms with E-state index in [0.29, 0.717) is 30.1 Å². The van der Waals surface area contributed by atoms with E-state index >= 15 is 0 Å². The molecule has 208 valence electrons. The molecule has 0 bridgehead atoms. The molecule has 3 heteroatoms. The maximum Gasteiger partial charge on any atom is 0.306 e. The molecule has 0 amide bonds. The lowest BCUT2D eigenvalue weighted by Crippen LogP contribution is -2.60. The first-order chi connectivity index (χ1) is 17.1. The van der Waals surface area contributed by atoms with Crippen LogP contribution in [0.15, 0.2) is 0 Å². The minimum absolute atomic E-state index is 0.0264. The second kappa shape index (κ2) is 11.7. The number of carbonyl (C=O) groups is 1. The lowest BCUT2D eigenvalue weighted by Gasteiger charge is -2.62. The number of aliphatic hydroxyl groups excluding tert-OH is 1. The van der Waals surface area contributed by atoms with E-state index in [1.165, 1.54) is 57.8 Å². The van der Waals surface area contributed by atoms with E-state index in [2.05, 4.69) is 41.5 Å². The number of esters is 1. The van der Waals surface area contributed by atoms with Gasteiger partial charge in [0.2, 0.25) is 0 Å². The van der Waals surface area contributed by atoms with Crippen molar-refractivity contribution in [3.05, 3.63) is 0 Å². The molecule has 0 aromatic carbocycles. The van der Waals surface area contributed by atoms with E-state index in [1.54, 1.807) is 0 Å². The summed E-state index contributed by atoms with van der Waals surface area (Å²) in [6.45, 7) is 14.6. The van der Waals surface area contributed by atoms with E-state index in [-0.39, 0.29) is 23.6 Å². The van der Waals surface area contributed by atoms with Crippen LogP contribution in [0.2, 0.25) is 0 Å². The Bertz CT molecular complexity index is 732. The van der Waals surface area contributed by atoms with Crippen molar-refractivity contribution in [2.45, 2.75) is 150 Å². The van der Waals surface area contributed by atoms with Gasteiger partial charge in [-0.1, -0.05) is 73.6 Å². The van der Waals surface area contributed by atoms with Crippen LogP contribution in [0, 0.1) is 52.3 Å². The molecule has 0 aromatic rings. The fraction of sp³-hybridized carbons (Fsp3) is 0.970. The molecule has 4 rings (SSSR count). The third-order valence-electron chi connectivity index (χ3n) is 12.2. The highest BCUT2D eigenvalue weighted by atomic mass is 16.5. The molecule has 0 saturated heterocycles. The predicted octanol–water partition coefficient (Wildman–Crippen LogP) is 8.57. The molecule has 36 heavy (non-hydrogen) atoms. The topological polar surface area (TPSA) is 46.5 Å². The molecular formula is C33H58O3. The first-order valence-electron chi connectivity index (χ1n) is 16.0. The lowest BCUT2D eigenvalue weighted by molar-refractivity contribution is -0.203. The summed E-state index contributed by atoms with van der Waals surface area (Å²) in [6.07, 6.45) is 16.9. The van der Waals surface area contributed by atoms with Gasteiger partial charge >= 0.3 is 5.97 Å². The molecule has 4 aliphatic rings. The van der Waals surface area contributed by atoms with Gasteiger partial charge in [0.05, 0.1) is 6.10 Å². The van der Waals surface area contributed by atoms with Crippen molar-refractivity contribution in [3.63, 3.8) is 0 Å². The summed E-state index contributed by atoms with van der Waals surface area (Å²) < 4.78 is 6.29. The molecule has 1 N–H and O–H groups in total. The molecule has 4 fully saturated rings. The van der Waals surface area contributed by atoms with Crippen LogP contribution in [0.25, 0.3) is 0 Å². The number of rotatable bonds is 10. The Kier molecular flexibility index (Phi) is 9.22. The molecular weight excluding hydrogens is 444 g/mol. The summed E-state index contributed by atoms with van der Waals surface area (Å²) in [5.41, 5.74) is 0.521. The standard InChI is InChI=1S/C33H58O3/c1-7-8-9-13-31(35)36-30-21-25(34)20-24-14-15-26-28-17-16-27(23(4)12-10-11-22(2)3)32(28,5)19-18-29(26)33(24,30)6/h22-30,34H,7-21H2,1-6H3/t23-,24-,25+,26-,27-,28+,29+,30?,32-,33+/m1/s1.